The number of phenols is 2. The monoisotopic (exact) mass is 524 g/mol. The molecule has 0 aromatic heterocycles. The van der Waals surface area contributed by atoms with E-state index in [4.69, 9.17) is 18.9 Å². The molecule has 7 atom stereocenters. The van der Waals surface area contributed by atoms with Crippen LogP contribution in [0.4, 0.5) is 0 Å². The normalized spacial score (nSPS) is 25.6. The summed E-state index contributed by atoms with van der Waals surface area (Å²) in [7, 11) is 1.36. The van der Waals surface area contributed by atoms with Gasteiger partial charge >= 0.3 is 0 Å². The molecule has 1 fully saturated rings. The average Bonchev–Trinajstić information content (AvgIpc) is 2.90. The van der Waals surface area contributed by atoms with Gasteiger partial charge in [0.15, 0.2) is 35.4 Å². The highest BCUT2D eigenvalue weighted by atomic mass is 16.7. The molecule has 1 aliphatic heterocycles. The van der Waals surface area contributed by atoms with Crippen LogP contribution in [0.1, 0.15) is 17.2 Å². The smallest absolute Gasteiger partial charge is 0.187 e. The van der Waals surface area contributed by atoms with E-state index < -0.39 is 56.1 Å². The van der Waals surface area contributed by atoms with Gasteiger partial charge in [0.05, 0.1) is 26.9 Å². The van der Waals surface area contributed by atoms with Crippen LogP contribution in [0.5, 0.6) is 23.0 Å². The van der Waals surface area contributed by atoms with Gasteiger partial charge in [-0.15, -0.1) is 0 Å². The number of aliphatic hydroxyl groups is 6. The SMILES string of the molecule is COc1cc([C@@H](O)[C@H](CO)Oc2ccc(/C=C\CO[C@@H]3O[C@H](CO)[C@@H](O)[C@H](O)[C@H]3O)cc2O)ccc1O. The highest BCUT2D eigenvalue weighted by Gasteiger charge is 2.43. The maximum Gasteiger partial charge on any atom is 0.187 e. The van der Waals surface area contributed by atoms with Crippen molar-refractivity contribution in [2.75, 3.05) is 26.9 Å². The third-order valence-corrected chi connectivity index (χ3v) is 5.85. The van der Waals surface area contributed by atoms with Gasteiger partial charge in [0.2, 0.25) is 0 Å². The van der Waals surface area contributed by atoms with Gasteiger partial charge in [-0.1, -0.05) is 24.3 Å². The Hall–Kier alpha value is -2.94. The Morgan fingerprint density at radius 3 is 2.35 bits per heavy atom. The Bertz CT molecular complexity index is 1040. The first-order valence-corrected chi connectivity index (χ1v) is 11.4. The molecule has 3 rings (SSSR count). The van der Waals surface area contributed by atoms with Crippen molar-refractivity contribution in [1.29, 1.82) is 0 Å². The topological polar surface area (TPSA) is 199 Å². The molecule has 2 aromatic carbocycles. The summed E-state index contributed by atoms with van der Waals surface area (Å²) in [6, 6.07) is 8.63. The Kier molecular flexibility index (Phi) is 10.1. The summed E-state index contributed by atoms with van der Waals surface area (Å²) in [5, 5.41) is 79.3. The highest BCUT2D eigenvalue weighted by Crippen LogP contribution is 2.33. The summed E-state index contributed by atoms with van der Waals surface area (Å²) in [6.45, 7) is -1.19. The number of aromatic hydroxyl groups is 2. The summed E-state index contributed by atoms with van der Waals surface area (Å²) < 4.78 is 21.3. The summed E-state index contributed by atoms with van der Waals surface area (Å²) in [5.41, 5.74) is 0.874. The van der Waals surface area contributed by atoms with Crippen LogP contribution in [0.25, 0.3) is 6.08 Å². The maximum absolute atomic E-state index is 10.6. The number of ether oxygens (including phenoxy) is 4. The van der Waals surface area contributed by atoms with E-state index in [-0.39, 0.29) is 29.6 Å². The average molecular weight is 525 g/mol. The standard InChI is InChI=1S/C25H32O12/c1-34-18-10-14(5-6-15(18)28)21(30)19(11-26)36-17-7-4-13(9-16(17)29)3-2-8-35-25-24(33)23(32)22(31)20(12-27)37-25/h2-7,9-10,19-33H,8,11-12H2,1H3/b3-2-/t19-,20+,21+,22+,23-,24+,25+/m0/s1. The van der Waals surface area contributed by atoms with E-state index in [9.17, 15) is 40.9 Å². The van der Waals surface area contributed by atoms with Crippen LogP contribution < -0.4 is 9.47 Å². The molecule has 0 unspecified atom stereocenters. The van der Waals surface area contributed by atoms with Gasteiger partial charge in [-0.2, -0.15) is 0 Å². The first-order chi connectivity index (χ1) is 17.7. The van der Waals surface area contributed by atoms with Gasteiger partial charge in [-0.05, 0) is 35.4 Å². The van der Waals surface area contributed by atoms with Crippen LogP contribution in [0.2, 0.25) is 0 Å². The van der Waals surface area contributed by atoms with Crippen molar-refractivity contribution in [1.82, 2.24) is 0 Å². The van der Waals surface area contributed by atoms with E-state index in [1.165, 1.54) is 37.4 Å². The van der Waals surface area contributed by atoms with Crippen LogP contribution in [-0.2, 0) is 9.47 Å². The second kappa shape index (κ2) is 13.0. The third kappa shape index (κ3) is 6.89. The zero-order chi connectivity index (χ0) is 27.1. The molecule has 1 saturated heterocycles. The lowest BCUT2D eigenvalue weighted by Crippen LogP contribution is -2.59. The minimum atomic E-state index is -1.54. The van der Waals surface area contributed by atoms with E-state index in [1.807, 2.05) is 0 Å². The van der Waals surface area contributed by atoms with Crippen LogP contribution in [0.3, 0.4) is 0 Å². The minimum Gasteiger partial charge on any atom is -0.504 e. The molecule has 0 spiro atoms. The molecule has 2 aromatic rings. The zero-order valence-electron chi connectivity index (χ0n) is 20.0. The van der Waals surface area contributed by atoms with Crippen LogP contribution in [0.15, 0.2) is 42.5 Å². The number of rotatable bonds is 11. The van der Waals surface area contributed by atoms with E-state index in [0.29, 0.717) is 11.1 Å². The van der Waals surface area contributed by atoms with Gasteiger partial charge in [0, 0.05) is 0 Å². The lowest BCUT2D eigenvalue weighted by Gasteiger charge is -2.39. The molecule has 12 heteroatoms. The minimum absolute atomic E-state index is 0.0126. The number of aliphatic hydroxyl groups excluding tert-OH is 6. The first-order valence-electron chi connectivity index (χ1n) is 11.4. The molecule has 204 valence electrons. The van der Waals surface area contributed by atoms with Crippen LogP contribution in [0, 0.1) is 0 Å². The quantitative estimate of drug-likeness (QED) is 0.186. The Labute approximate surface area is 212 Å². The largest absolute Gasteiger partial charge is 0.504 e. The number of benzene rings is 2. The zero-order valence-corrected chi connectivity index (χ0v) is 20.0. The number of methoxy groups -OCH3 is 1. The lowest BCUT2D eigenvalue weighted by molar-refractivity contribution is -0.298. The van der Waals surface area contributed by atoms with Crippen molar-refractivity contribution in [3.63, 3.8) is 0 Å². The number of phenolic OH excluding ortho intramolecular Hbond substituents is 2. The third-order valence-electron chi connectivity index (χ3n) is 5.85. The van der Waals surface area contributed by atoms with Crippen molar-refractivity contribution in [3.05, 3.63) is 53.6 Å². The second-order valence-corrected chi connectivity index (χ2v) is 8.38. The van der Waals surface area contributed by atoms with E-state index in [0.717, 1.165) is 0 Å². The highest BCUT2D eigenvalue weighted by molar-refractivity contribution is 5.55. The molecule has 37 heavy (non-hydrogen) atoms. The van der Waals surface area contributed by atoms with Gasteiger partial charge in [0.25, 0.3) is 0 Å². The summed E-state index contributed by atoms with van der Waals surface area (Å²) in [4.78, 5) is 0. The molecule has 1 heterocycles. The molecule has 0 amide bonds. The predicted octanol–water partition coefficient (Wildman–Crippen LogP) is -0.591. The fraction of sp³-hybridized carbons (Fsp3) is 0.440. The molecule has 0 saturated carbocycles. The van der Waals surface area contributed by atoms with Crippen molar-refractivity contribution < 1.29 is 59.8 Å². The summed E-state index contributed by atoms with van der Waals surface area (Å²) in [5.74, 6) is -0.216. The lowest BCUT2D eigenvalue weighted by atomic mass is 9.99. The number of hydrogen-bond donors (Lipinski definition) is 8. The van der Waals surface area contributed by atoms with E-state index in [1.54, 1.807) is 18.2 Å². The van der Waals surface area contributed by atoms with Gasteiger partial charge in [-0.25, -0.2) is 0 Å². The fourth-order valence-electron chi connectivity index (χ4n) is 3.73. The van der Waals surface area contributed by atoms with E-state index in [2.05, 4.69) is 0 Å². The molecule has 0 bridgehead atoms. The molecule has 1 aliphatic rings. The number of hydrogen-bond acceptors (Lipinski definition) is 12. The van der Waals surface area contributed by atoms with Crippen molar-refractivity contribution in [3.8, 4) is 23.0 Å². The molecular formula is C25H32O12. The second-order valence-electron chi connectivity index (χ2n) is 8.38. The van der Waals surface area contributed by atoms with Crippen molar-refractivity contribution >= 4 is 6.08 Å². The van der Waals surface area contributed by atoms with E-state index >= 15 is 0 Å². The summed E-state index contributed by atoms with van der Waals surface area (Å²) >= 11 is 0. The van der Waals surface area contributed by atoms with Crippen molar-refractivity contribution in [2.24, 2.45) is 0 Å². The molecule has 12 nitrogen and oxygen atoms in total. The maximum atomic E-state index is 10.6. The fourth-order valence-corrected chi connectivity index (χ4v) is 3.73. The van der Waals surface area contributed by atoms with Crippen LogP contribution >= 0.6 is 0 Å². The predicted molar refractivity (Wildman–Crippen MR) is 128 cm³/mol. The molecule has 0 radical (unpaired) electrons. The van der Waals surface area contributed by atoms with Gasteiger partial charge < -0.3 is 59.8 Å². The van der Waals surface area contributed by atoms with Crippen molar-refractivity contribution in [2.45, 2.75) is 42.9 Å². The van der Waals surface area contributed by atoms with Gasteiger partial charge in [0.1, 0.15) is 30.5 Å². The molecule has 8 N–H and O–H groups in total. The van der Waals surface area contributed by atoms with Gasteiger partial charge in [-0.3, -0.25) is 0 Å². The van der Waals surface area contributed by atoms with Crippen LogP contribution in [-0.4, -0.2) is 105 Å². The Morgan fingerprint density at radius 2 is 1.70 bits per heavy atom. The first kappa shape index (κ1) is 28.6. The summed E-state index contributed by atoms with van der Waals surface area (Å²) in [6.07, 6.45) is -6.15. The Balaban J connectivity index is 1.59. The molecular weight excluding hydrogens is 492 g/mol. The molecule has 0 aliphatic carbocycles. The Morgan fingerprint density at radius 1 is 0.946 bits per heavy atom.